The number of para-hydroxylation sites is 2. The van der Waals surface area contributed by atoms with Gasteiger partial charge in [0.25, 0.3) is 0 Å². The Kier molecular flexibility index (Phi) is 8.22. The zero-order chi connectivity index (χ0) is 42.1. The number of pyridine rings is 1. The SMILES string of the molecule is c1ccc2cc3cc(-c4ccc(N(c5ccc(-c6ccc7cc8ccccc8cc7c6)cc5)c5ccc(-c6nc7ccccc7c7c6oc6ccccc67)cc5)cc4)ccc3cc2c1. The van der Waals surface area contributed by atoms with E-state index in [9.17, 15) is 0 Å². The lowest BCUT2D eigenvalue weighted by Gasteiger charge is -2.26. The van der Waals surface area contributed by atoms with Crippen molar-refractivity contribution in [3.8, 4) is 33.5 Å². The van der Waals surface area contributed by atoms with Gasteiger partial charge in [-0.1, -0.05) is 146 Å². The second-order valence-electron chi connectivity index (χ2n) is 16.8. The molecule has 13 rings (SSSR count). The first-order valence-electron chi connectivity index (χ1n) is 21.8. The van der Waals surface area contributed by atoms with Crippen LogP contribution >= 0.6 is 0 Å². The molecule has 0 saturated carbocycles. The summed E-state index contributed by atoms with van der Waals surface area (Å²) >= 11 is 0. The molecular weight excluding hydrogens is 777 g/mol. The van der Waals surface area contributed by atoms with Crippen molar-refractivity contribution in [2.24, 2.45) is 0 Å². The van der Waals surface area contributed by atoms with Crippen LogP contribution in [0.4, 0.5) is 17.1 Å². The zero-order valence-electron chi connectivity index (χ0n) is 34.7. The fourth-order valence-electron chi connectivity index (χ4n) is 9.69. The second kappa shape index (κ2) is 14.5. The molecule has 0 amide bonds. The smallest absolute Gasteiger partial charge is 0.162 e. The minimum Gasteiger partial charge on any atom is -0.454 e. The summed E-state index contributed by atoms with van der Waals surface area (Å²) in [6.07, 6.45) is 0. The van der Waals surface area contributed by atoms with Crippen molar-refractivity contribution < 1.29 is 4.42 Å². The molecule has 64 heavy (non-hydrogen) atoms. The molecule has 0 bridgehead atoms. The minimum absolute atomic E-state index is 0.805. The first-order valence-corrected chi connectivity index (χ1v) is 21.8. The van der Waals surface area contributed by atoms with Gasteiger partial charge in [-0.25, -0.2) is 4.98 Å². The number of fused-ring (bicyclic) bond motifs is 9. The molecule has 3 heteroatoms. The third kappa shape index (κ3) is 6.09. The Morgan fingerprint density at radius 2 is 0.719 bits per heavy atom. The van der Waals surface area contributed by atoms with Crippen LogP contribution in [0.25, 0.3) is 109 Å². The molecule has 0 fully saturated rings. The molecule has 13 aromatic rings. The number of nitrogens with zero attached hydrogens (tertiary/aromatic N) is 2. The van der Waals surface area contributed by atoms with Crippen LogP contribution in [-0.2, 0) is 0 Å². The highest BCUT2D eigenvalue weighted by Crippen LogP contribution is 2.42. The average molecular weight is 815 g/mol. The topological polar surface area (TPSA) is 29.3 Å². The Morgan fingerprint density at radius 1 is 0.312 bits per heavy atom. The first-order chi connectivity index (χ1) is 31.7. The lowest BCUT2D eigenvalue weighted by molar-refractivity contribution is 0.669. The maximum absolute atomic E-state index is 6.57. The summed E-state index contributed by atoms with van der Waals surface area (Å²) in [4.78, 5) is 7.53. The van der Waals surface area contributed by atoms with Crippen LogP contribution in [0.15, 0.2) is 235 Å². The van der Waals surface area contributed by atoms with Crippen molar-refractivity contribution in [2.45, 2.75) is 0 Å². The van der Waals surface area contributed by atoms with Crippen molar-refractivity contribution in [3.63, 3.8) is 0 Å². The predicted molar refractivity (Wildman–Crippen MR) is 270 cm³/mol. The Labute approximate surface area is 369 Å². The van der Waals surface area contributed by atoms with Gasteiger partial charge in [0, 0.05) is 38.8 Å². The number of anilines is 3. The molecule has 0 atom stereocenters. The van der Waals surface area contributed by atoms with Crippen LogP contribution in [0.2, 0.25) is 0 Å². The molecule has 298 valence electrons. The molecule has 0 aliphatic rings. The van der Waals surface area contributed by atoms with Crippen LogP contribution in [0, 0.1) is 0 Å². The highest BCUT2D eigenvalue weighted by atomic mass is 16.3. The van der Waals surface area contributed by atoms with E-state index in [0.29, 0.717) is 0 Å². The van der Waals surface area contributed by atoms with Crippen LogP contribution in [0.5, 0.6) is 0 Å². The van der Waals surface area contributed by atoms with Gasteiger partial charge in [0.2, 0.25) is 0 Å². The number of hydrogen-bond donors (Lipinski definition) is 0. The highest BCUT2D eigenvalue weighted by molar-refractivity contribution is 6.20. The summed E-state index contributed by atoms with van der Waals surface area (Å²) < 4.78 is 6.57. The molecule has 0 unspecified atom stereocenters. The van der Waals surface area contributed by atoms with E-state index in [4.69, 9.17) is 9.40 Å². The number of aromatic nitrogens is 1. The molecule has 0 saturated heterocycles. The van der Waals surface area contributed by atoms with Crippen LogP contribution < -0.4 is 4.90 Å². The van der Waals surface area contributed by atoms with Gasteiger partial charge in [-0.2, -0.15) is 0 Å². The fourth-order valence-corrected chi connectivity index (χ4v) is 9.69. The van der Waals surface area contributed by atoms with Gasteiger partial charge in [0.15, 0.2) is 5.58 Å². The molecule has 2 aromatic heterocycles. The molecule has 0 N–H and O–H groups in total. The molecular formula is C61H38N2O. The van der Waals surface area contributed by atoms with Crippen molar-refractivity contribution in [1.82, 2.24) is 4.98 Å². The third-order valence-corrected chi connectivity index (χ3v) is 12.9. The van der Waals surface area contributed by atoms with E-state index >= 15 is 0 Å². The largest absolute Gasteiger partial charge is 0.454 e. The maximum atomic E-state index is 6.57. The Balaban J connectivity index is 0.899. The summed E-state index contributed by atoms with van der Waals surface area (Å²) in [5.74, 6) is 0. The number of furan rings is 1. The number of benzene rings is 11. The van der Waals surface area contributed by atoms with E-state index in [0.717, 1.165) is 61.2 Å². The minimum atomic E-state index is 0.805. The molecule has 3 nitrogen and oxygen atoms in total. The van der Waals surface area contributed by atoms with Crippen molar-refractivity contribution in [3.05, 3.63) is 231 Å². The summed E-state index contributed by atoms with van der Waals surface area (Å²) in [7, 11) is 0. The van der Waals surface area contributed by atoms with E-state index in [2.05, 4.69) is 217 Å². The van der Waals surface area contributed by atoms with E-state index in [1.54, 1.807) is 0 Å². The van der Waals surface area contributed by atoms with E-state index in [1.165, 1.54) is 65.3 Å². The summed E-state index contributed by atoms with van der Waals surface area (Å²) in [6, 6.07) is 83.1. The zero-order valence-corrected chi connectivity index (χ0v) is 34.7. The van der Waals surface area contributed by atoms with Gasteiger partial charge >= 0.3 is 0 Å². The maximum Gasteiger partial charge on any atom is 0.162 e. The van der Waals surface area contributed by atoms with Gasteiger partial charge in [-0.05, 0) is 150 Å². The quantitative estimate of drug-likeness (QED) is 0.157. The van der Waals surface area contributed by atoms with Crippen LogP contribution in [0.3, 0.4) is 0 Å². The fraction of sp³-hybridized carbons (Fsp3) is 0. The standard InChI is InChI=1S/C61H38N2O/c1-3-11-44-35-50-37-46(17-19-48(50)33-42(44)9-1)39-21-27-52(28-22-39)63(53-29-23-40(24-30-53)47-18-20-49-34-43-10-2-4-12-45(43)36-51(49)38-47)54-31-25-41(26-32-54)60-61-59(55-13-5-7-15-57(55)62-60)56-14-6-8-16-58(56)64-61/h1-38H. The van der Waals surface area contributed by atoms with Crippen molar-refractivity contribution >= 4 is 93.0 Å². The van der Waals surface area contributed by atoms with Gasteiger partial charge in [0.1, 0.15) is 11.3 Å². The van der Waals surface area contributed by atoms with Gasteiger partial charge in [-0.3, -0.25) is 0 Å². The van der Waals surface area contributed by atoms with Crippen molar-refractivity contribution in [1.29, 1.82) is 0 Å². The second-order valence-corrected chi connectivity index (χ2v) is 16.8. The van der Waals surface area contributed by atoms with Crippen LogP contribution in [-0.4, -0.2) is 4.98 Å². The van der Waals surface area contributed by atoms with E-state index in [-0.39, 0.29) is 0 Å². The average Bonchev–Trinajstić information content (AvgIpc) is 3.75. The molecule has 2 heterocycles. The van der Waals surface area contributed by atoms with Gasteiger partial charge in [-0.15, -0.1) is 0 Å². The van der Waals surface area contributed by atoms with Gasteiger partial charge < -0.3 is 9.32 Å². The van der Waals surface area contributed by atoms with Crippen LogP contribution in [0.1, 0.15) is 0 Å². The monoisotopic (exact) mass is 814 g/mol. The molecule has 0 radical (unpaired) electrons. The van der Waals surface area contributed by atoms with Crippen molar-refractivity contribution in [2.75, 3.05) is 4.90 Å². The lowest BCUT2D eigenvalue weighted by Crippen LogP contribution is -2.09. The van der Waals surface area contributed by atoms with E-state index in [1.807, 2.05) is 18.2 Å². The molecule has 0 spiro atoms. The predicted octanol–water partition coefficient (Wildman–Crippen LogP) is 17.2. The van der Waals surface area contributed by atoms with Gasteiger partial charge in [0.05, 0.1) is 5.52 Å². The third-order valence-electron chi connectivity index (χ3n) is 12.9. The first kappa shape index (κ1) is 36.2. The number of rotatable bonds is 6. The molecule has 0 aliphatic carbocycles. The van der Waals surface area contributed by atoms with E-state index < -0.39 is 0 Å². The summed E-state index contributed by atoms with van der Waals surface area (Å²) in [5.41, 5.74) is 12.4. The number of hydrogen-bond acceptors (Lipinski definition) is 3. The summed E-state index contributed by atoms with van der Waals surface area (Å²) in [6.45, 7) is 0. The molecule has 11 aromatic carbocycles. The Hall–Kier alpha value is -8.53. The lowest BCUT2D eigenvalue weighted by atomic mass is 9.98. The summed E-state index contributed by atoms with van der Waals surface area (Å²) in [5, 5.41) is 13.3. The normalized spacial score (nSPS) is 11.8. The molecule has 0 aliphatic heterocycles. The Morgan fingerprint density at radius 3 is 1.25 bits per heavy atom. The Bertz CT molecular complexity index is 3780. The highest BCUT2D eigenvalue weighted by Gasteiger charge is 2.19.